The highest BCUT2D eigenvalue weighted by molar-refractivity contribution is 5.54. The first-order chi connectivity index (χ1) is 10.2. The van der Waals surface area contributed by atoms with Crippen molar-refractivity contribution >= 4 is 5.69 Å². The molecule has 1 N–H and O–H groups in total. The summed E-state index contributed by atoms with van der Waals surface area (Å²) < 4.78 is 5.96. The molecule has 0 aliphatic carbocycles. The van der Waals surface area contributed by atoms with Crippen LogP contribution < -0.4 is 10.2 Å². The lowest BCUT2D eigenvalue weighted by Crippen LogP contribution is -2.40. The van der Waals surface area contributed by atoms with Gasteiger partial charge in [0, 0.05) is 38.0 Å². The summed E-state index contributed by atoms with van der Waals surface area (Å²) in [6, 6.07) is 9.28. The fourth-order valence-corrected chi connectivity index (χ4v) is 2.86. The van der Waals surface area contributed by atoms with Crippen LogP contribution in [0.5, 0.6) is 0 Å². The highest BCUT2D eigenvalue weighted by Gasteiger charge is 2.21. The summed E-state index contributed by atoms with van der Waals surface area (Å²) in [4.78, 5) is 2.50. The molecular weight excluding hydrogens is 260 g/mol. The standard InChI is InChI=1S/C18H30N2O/c1-4-12-21-17-9-7-11-20(14-17)18-10-6-5-8-16(18)13-19-15(2)3/h5-6,8,10,15,17,19H,4,7,9,11-14H2,1-3H3. The van der Waals surface area contributed by atoms with E-state index < -0.39 is 0 Å². The fourth-order valence-electron chi connectivity index (χ4n) is 2.86. The van der Waals surface area contributed by atoms with Crippen molar-refractivity contribution in [2.75, 3.05) is 24.6 Å². The molecule has 0 saturated carbocycles. The lowest BCUT2D eigenvalue weighted by molar-refractivity contribution is 0.0440. The SMILES string of the molecule is CCCOC1CCCN(c2ccccc2CNC(C)C)C1. The lowest BCUT2D eigenvalue weighted by atomic mass is 10.0. The maximum Gasteiger partial charge on any atom is 0.0750 e. The molecule has 1 saturated heterocycles. The predicted octanol–water partition coefficient (Wildman–Crippen LogP) is 3.58. The smallest absolute Gasteiger partial charge is 0.0750 e. The van der Waals surface area contributed by atoms with Gasteiger partial charge in [0.2, 0.25) is 0 Å². The van der Waals surface area contributed by atoms with E-state index in [1.807, 2.05) is 0 Å². The first kappa shape index (κ1) is 16.3. The first-order valence-corrected chi connectivity index (χ1v) is 8.38. The second-order valence-electron chi connectivity index (χ2n) is 6.25. The van der Waals surface area contributed by atoms with E-state index in [2.05, 4.69) is 55.3 Å². The highest BCUT2D eigenvalue weighted by Crippen LogP contribution is 2.25. The Balaban J connectivity index is 2.02. The fraction of sp³-hybridized carbons (Fsp3) is 0.667. The molecule has 1 aromatic rings. The molecule has 0 aromatic heterocycles. The minimum atomic E-state index is 0.393. The van der Waals surface area contributed by atoms with E-state index in [9.17, 15) is 0 Å². The van der Waals surface area contributed by atoms with Gasteiger partial charge in [0.15, 0.2) is 0 Å². The van der Waals surface area contributed by atoms with Crippen LogP contribution in [-0.4, -0.2) is 31.8 Å². The largest absolute Gasteiger partial charge is 0.376 e. The molecule has 1 aliphatic rings. The average molecular weight is 290 g/mol. The molecule has 1 aliphatic heterocycles. The Morgan fingerprint density at radius 1 is 1.33 bits per heavy atom. The van der Waals surface area contributed by atoms with E-state index in [-0.39, 0.29) is 0 Å². The summed E-state index contributed by atoms with van der Waals surface area (Å²) in [5, 5.41) is 3.53. The van der Waals surface area contributed by atoms with Crippen LogP contribution in [0.2, 0.25) is 0 Å². The van der Waals surface area contributed by atoms with Gasteiger partial charge in [-0.25, -0.2) is 0 Å². The van der Waals surface area contributed by atoms with E-state index in [4.69, 9.17) is 4.74 Å². The number of hydrogen-bond donors (Lipinski definition) is 1. The Morgan fingerprint density at radius 2 is 2.14 bits per heavy atom. The van der Waals surface area contributed by atoms with E-state index in [1.54, 1.807) is 0 Å². The van der Waals surface area contributed by atoms with Crippen molar-refractivity contribution in [2.45, 2.75) is 58.7 Å². The molecule has 21 heavy (non-hydrogen) atoms. The molecule has 1 unspecified atom stereocenters. The molecule has 0 spiro atoms. The molecule has 1 atom stereocenters. The third kappa shape index (κ3) is 5.01. The molecule has 2 rings (SSSR count). The number of nitrogens with one attached hydrogen (secondary N) is 1. The Kier molecular flexibility index (Phi) is 6.52. The zero-order chi connectivity index (χ0) is 15.1. The summed E-state index contributed by atoms with van der Waals surface area (Å²) in [6.07, 6.45) is 3.92. The Labute approximate surface area is 129 Å². The maximum atomic E-state index is 5.96. The molecule has 3 heteroatoms. The van der Waals surface area contributed by atoms with Crippen LogP contribution in [0.1, 0.15) is 45.6 Å². The van der Waals surface area contributed by atoms with Crippen LogP contribution in [0.4, 0.5) is 5.69 Å². The number of nitrogens with zero attached hydrogens (tertiary/aromatic N) is 1. The maximum absolute atomic E-state index is 5.96. The number of para-hydroxylation sites is 1. The van der Waals surface area contributed by atoms with E-state index in [0.717, 1.165) is 32.7 Å². The molecule has 0 bridgehead atoms. The molecule has 3 nitrogen and oxygen atoms in total. The van der Waals surface area contributed by atoms with Crippen LogP contribution in [0.3, 0.4) is 0 Å². The predicted molar refractivity (Wildman–Crippen MR) is 89.9 cm³/mol. The normalized spacial score (nSPS) is 19.2. The van der Waals surface area contributed by atoms with Gasteiger partial charge in [0.25, 0.3) is 0 Å². The van der Waals surface area contributed by atoms with Gasteiger partial charge >= 0.3 is 0 Å². The summed E-state index contributed by atoms with van der Waals surface area (Å²) in [6.45, 7) is 10.5. The second kappa shape index (κ2) is 8.40. The van der Waals surface area contributed by atoms with Crippen LogP contribution in [0, 0.1) is 0 Å². The van der Waals surface area contributed by atoms with E-state index in [0.29, 0.717) is 12.1 Å². The molecule has 1 fully saturated rings. The van der Waals surface area contributed by atoms with Gasteiger partial charge in [-0.3, -0.25) is 0 Å². The van der Waals surface area contributed by atoms with Crippen molar-refractivity contribution in [1.29, 1.82) is 0 Å². The Hall–Kier alpha value is -1.06. The zero-order valence-electron chi connectivity index (χ0n) is 13.8. The number of hydrogen-bond acceptors (Lipinski definition) is 3. The third-order valence-corrected chi connectivity index (χ3v) is 3.97. The summed E-state index contributed by atoms with van der Waals surface area (Å²) in [5.41, 5.74) is 2.76. The molecular formula is C18H30N2O. The number of ether oxygens (including phenoxy) is 1. The van der Waals surface area contributed by atoms with Gasteiger partial charge in [-0.05, 0) is 30.9 Å². The zero-order valence-corrected chi connectivity index (χ0v) is 13.8. The summed E-state index contributed by atoms with van der Waals surface area (Å²) in [7, 11) is 0. The van der Waals surface area contributed by atoms with E-state index in [1.165, 1.54) is 24.1 Å². The topological polar surface area (TPSA) is 24.5 Å². The second-order valence-corrected chi connectivity index (χ2v) is 6.25. The van der Waals surface area contributed by atoms with Gasteiger partial charge in [-0.2, -0.15) is 0 Å². The minimum Gasteiger partial charge on any atom is -0.376 e. The van der Waals surface area contributed by atoms with Crippen molar-refractivity contribution in [3.63, 3.8) is 0 Å². The van der Waals surface area contributed by atoms with Crippen molar-refractivity contribution < 1.29 is 4.74 Å². The quantitative estimate of drug-likeness (QED) is 0.830. The molecule has 0 radical (unpaired) electrons. The van der Waals surface area contributed by atoms with Gasteiger partial charge < -0.3 is 15.0 Å². The van der Waals surface area contributed by atoms with Gasteiger partial charge in [-0.1, -0.05) is 39.0 Å². The van der Waals surface area contributed by atoms with E-state index >= 15 is 0 Å². The Morgan fingerprint density at radius 3 is 2.90 bits per heavy atom. The summed E-state index contributed by atoms with van der Waals surface area (Å²) in [5.74, 6) is 0. The molecule has 0 amide bonds. The number of benzene rings is 1. The monoisotopic (exact) mass is 290 g/mol. The van der Waals surface area contributed by atoms with Gasteiger partial charge in [0.05, 0.1) is 6.10 Å². The Bertz CT molecular complexity index is 419. The first-order valence-electron chi connectivity index (χ1n) is 8.38. The highest BCUT2D eigenvalue weighted by atomic mass is 16.5. The van der Waals surface area contributed by atoms with Crippen LogP contribution >= 0.6 is 0 Å². The number of piperidine rings is 1. The number of anilines is 1. The molecule has 1 heterocycles. The van der Waals surface area contributed by atoms with Crippen molar-refractivity contribution in [3.8, 4) is 0 Å². The summed E-state index contributed by atoms with van der Waals surface area (Å²) >= 11 is 0. The van der Waals surface area contributed by atoms with Crippen molar-refractivity contribution in [3.05, 3.63) is 29.8 Å². The van der Waals surface area contributed by atoms with Crippen molar-refractivity contribution in [2.24, 2.45) is 0 Å². The minimum absolute atomic E-state index is 0.393. The van der Waals surface area contributed by atoms with Gasteiger partial charge in [-0.15, -0.1) is 0 Å². The van der Waals surface area contributed by atoms with Crippen LogP contribution in [0.25, 0.3) is 0 Å². The van der Waals surface area contributed by atoms with Crippen LogP contribution in [-0.2, 0) is 11.3 Å². The number of rotatable bonds is 7. The average Bonchev–Trinajstić information content (AvgIpc) is 2.51. The van der Waals surface area contributed by atoms with Crippen molar-refractivity contribution in [1.82, 2.24) is 5.32 Å². The third-order valence-electron chi connectivity index (χ3n) is 3.97. The van der Waals surface area contributed by atoms with Gasteiger partial charge in [0.1, 0.15) is 0 Å². The molecule has 1 aromatic carbocycles. The molecule has 118 valence electrons. The van der Waals surface area contributed by atoms with Crippen LogP contribution in [0.15, 0.2) is 24.3 Å². The lowest BCUT2D eigenvalue weighted by Gasteiger charge is -2.35.